The summed E-state index contributed by atoms with van der Waals surface area (Å²) in [6, 6.07) is 13.5. The maximum absolute atomic E-state index is 13.3. The fourth-order valence-electron chi connectivity index (χ4n) is 2.33. The van der Waals surface area contributed by atoms with Gasteiger partial charge in [0.25, 0.3) is 0 Å². The Labute approximate surface area is 138 Å². The summed E-state index contributed by atoms with van der Waals surface area (Å²) in [7, 11) is 3.63. The van der Waals surface area contributed by atoms with E-state index < -0.39 is 0 Å². The minimum absolute atomic E-state index is 0.0639. The van der Waals surface area contributed by atoms with Crippen molar-refractivity contribution < 1.29 is 9.13 Å². The Hall–Kier alpha value is -0.980. The molecule has 2 aromatic rings. The molecule has 0 saturated heterocycles. The summed E-state index contributed by atoms with van der Waals surface area (Å²) in [6.45, 7) is 0.727. The van der Waals surface area contributed by atoms with Crippen LogP contribution in [-0.2, 0) is 11.2 Å². The van der Waals surface area contributed by atoms with E-state index >= 15 is 0 Å². The van der Waals surface area contributed by atoms with Gasteiger partial charge in [0.15, 0.2) is 0 Å². The molecular formula is C17H19FINO. The van der Waals surface area contributed by atoms with Crippen LogP contribution in [0.4, 0.5) is 4.39 Å². The van der Waals surface area contributed by atoms with Crippen molar-refractivity contribution >= 4 is 22.6 Å². The van der Waals surface area contributed by atoms with E-state index in [9.17, 15) is 4.39 Å². The number of nitrogens with one attached hydrogen (secondary N) is 1. The molecule has 1 atom stereocenters. The molecule has 2 rings (SSSR count). The van der Waals surface area contributed by atoms with Crippen LogP contribution >= 0.6 is 22.6 Å². The zero-order valence-corrected chi connectivity index (χ0v) is 14.4. The van der Waals surface area contributed by atoms with Crippen LogP contribution in [0.3, 0.4) is 0 Å². The summed E-state index contributed by atoms with van der Waals surface area (Å²) in [6.07, 6.45) is 0.912. The van der Waals surface area contributed by atoms with Gasteiger partial charge in [-0.15, -0.1) is 0 Å². The molecule has 0 aromatic heterocycles. The number of hydrogen-bond donors (Lipinski definition) is 1. The molecule has 0 aliphatic heterocycles. The van der Waals surface area contributed by atoms with Gasteiger partial charge in [0.05, 0.1) is 12.6 Å². The van der Waals surface area contributed by atoms with Crippen LogP contribution < -0.4 is 5.32 Å². The summed E-state index contributed by atoms with van der Waals surface area (Å²) >= 11 is 2.18. The van der Waals surface area contributed by atoms with E-state index in [2.05, 4.69) is 52.2 Å². The van der Waals surface area contributed by atoms with Gasteiger partial charge < -0.3 is 10.1 Å². The van der Waals surface area contributed by atoms with Crippen molar-refractivity contribution in [2.45, 2.75) is 12.5 Å². The summed E-state index contributed by atoms with van der Waals surface area (Å²) in [5, 5.41) is 3.31. The van der Waals surface area contributed by atoms with Crippen LogP contribution in [0.25, 0.3) is 0 Å². The van der Waals surface area contributed by atoms with E-state index in [1.165, 1.54) is 17.2 Å². The third-order valence-electron chi connectivity index (χ3n) is 3.47. The van der Waals surface area contributed by atoms with Crippen LogP contribution in [-0.4, -0.2) is 20.8 Å². The lowest BCUT2D eigenvalue weighted by Crippen LogP contribution is -2.18. The predicted octanol–water partition coefficient (Wildman–Crippen LogP) is 3.93. The summed E-state index contributed by atoms with van der Waals surface area (Å²) < 4.78 is 19.3. The molecule has 2 aromatic carbocycles. The molecule has 0 aliphatic rings. The van der Waals surface area contributed by atoms with Gasteiger partial charge in [0, 0.05) is 10.7 Å². The topological polar surface area (TPSA) is 21.3 Å². The highest BCUT2D eigenvalue weighted by Crippen LogP contribution is 2.27. The molecule has 2 nitrogen and oxygen atoms in total. The van der Waals surface area contributed by atoms with E-state index in [1.54, 1.807) is 13.2 Å². The molecule has 0 aliphatic carbocycles. The lowest BCUT2D eigenvalue weighted by molar-refractivity contribution is 0.202. The summed E-state index contributed by atoms with van der Waals surface area (Å²) in [5.41, 5.74) is 3.51. The molecule has 0 fully saturated rings. The third kappa shape index (κ3) is 4.25. The van der Waals surface area contributed by atoms with Crippen LogP contribution in [0.2, 0.25) is 0 Å². The van der Waals surface area contributed by atoms with E-state index in [-0.39, 0.29) is 11.9 Å². The number of benzene rings is 2. The van der Waals surface area contributed by atoms with Gasteiger partial charge in [-0.25, -0.2) is 4.39 Å². The number of rotatable bonds is 6. The van der Waals surface area contributed by atoms with Gasteiger partial charge in [-0.3, -0.25) is 0 Å². The lowest BCUT2D eigenvalue weighted by atomic mass is 9.97. The predicted molar refractivity (Wildman–Crippen MR) is 92.0 cm³/mol. The monoisotopic (exact) mass is 399 g/mol. The number of hydrogen-bond acceptors (Lipinski definition) is 2. The van der Waals surface area contributed by atoms with Crippen molar-refractivity contribution in [3.8, 4) is 0 Å². The molecule has 0 bridgehead atoms. The highest BCUT2D eigenvalue weighted by molar-refractivity contribution is 14.1. The fourth-order valence-corrected chi connectivity index (χ4v) is 3.12. The van der Waals surface area contributed by atoms with Crippen molar-refractivity contribution in [3.63, 3.8) is 0 Å². The molecule has 1 N–H and O–H groups in total. The van der Waals surface area contributed by atoms with E-state index in [4.69, 9.17) is 4.74 Å². The van der Waals surface area contributed by atoms with E-state index in [0.29, 0.717) is 0 Å². The van der Waals surface area contributed by atoms with Gasteiger partial charge in [-0.2, -0.15) is 0 Å². The molecule has 0 amide bonds. The minimum Gasteiger partial charge on any atom is -0.384 e. The average Bonchev–Trinajstić information content (AvgIpc) is 2.49. The highest BCUT2D eigenvalue weighted by Gasteiger charge is 2.15. The average molecular weight is 399 g/mol. The molecule has 0 radical (unpaired) electrons. The normalized spacial score (nSPS) is 12.4. The smallest absolute Gasteiger partial charge is 0.124 e. The van der Waals surface area contributed by atoms with Gasteiger partial charge in [-0.1, -0.05) is 30.3 Å². The zero-order chi connectivity index (χ0) is 15.2. The Morgan fingerprint density at radius 3 is 2.48 bits per heavy atom. The Bertz CT molecular complexity index is 586. The maximum atomic E-state index is 13.3. The highest BCUT2D eigenvalue weighted by atomic mass is 127. The molecule has 1 unspecified atom stereocenters. The van der Waals surface area contributed by atoms with Gasteiger partial charge >= 0.3 is 0 Å². The molecule has 21 heavy (non-hydrogen) atoms. The molecule has 0 heterocycles. The van der Waals surface area contributed by atoms with Gasteiger partial charge in [0.1, 0.15) is 5.82 Å². The largest absolute Gasteiger partial charge is 0.384 e. The zero-order valence-electron chi connectivity index (χ0n) is 12.2. The Balaban J connectivity index is 2.24. The summed E-state index contributed by atoms with van der Waals surface area (Å²) in [4.78, 5) is 0. The molecule has 112 valence electrons. The number of methoxy groups -OCH3 is 1. The molecular weight excluding hydrogens is 380 g/mol. The van der Waals surface area contributed by atoms with Crippen molar-refractivity contribution in [2.24, 2.45) is 0 Å². The second-order valence-corrected chi connectivity index (χ2v) is 6.03. The standard InChI is InChI=1S/C17H19FINO/c1-20-17(15-8-7-14(18)11-16(15)19)13-5-3-12(4-6-13)9-10-21-2/h3-8,11,17,20H,9-10H2,1-2H3. The van der Waals surface area contributed by atoms with Crippen LogP contribution in [0.5, 0.6) is 0 Å². The van der Waals surface area contributed by atoms with Gasteiger partial charge in [0.2, 0.25) is 0 Å². The third-order valence-corrected chi connectivity index (χ3v) is 4.40. The number of ether oxygens (including phenoxy) is 1. The minimum atomic E-state index is -0.201. The Kier molecular flexibility index (Phi) is 6.14. The number of halogens is 2. The Morgan fingerprint density at radius 2 is 1.90 bits per heavy atom. The van der Waals surface area contributed by atoms with Crippen LogP contribution in [0, 0.1) is 9.39 Å². The SMILES string of the molecule is CNC(c1ccc(CCOC)cc1)c1ccc(F)cc1I. The lowest BCUT2D eigenvalue weighted by Gasteiger charge is -2.19. The molecule has 4 heteroatoms. The van der Waals surface area contributed by atoms with Crippen molar-refractivity contribution in [2.75, 3.05) is 20.8 Å². The Morgan fingerprint density at radius 1 is 1.19 bits per heavy atom. The summed E-state index contributed by atoms with van der Waals surface area (Å²) in [5.74, 6) is -0.201. The second-order valence-electron chi connectivity index (χ2n) is 4.87. The van der Waals surface area contributed by atoms with Crippen LogP contribution in [0.1, 0.15) is 22.7 Å². The fraction of sp³-hybridized carbons (Fsp3) is 0.294. The van der Waals surface area contributed by atoms with E-state index in [0.717, 1.165) is 22.2 Å². The first-order valence-corrected chi connectivity index (χ1v) is 7.93. The van der Waals surface area contributed by atoms with Crippen molar-refractivity contribution in [1.82, 2.24) is 5.32 Å². The molecule has 0 saturated carbocycles. The quantitative estimate of drug-likeness (QED) is 0.744. The molecule has 0 spiro atoms. The first kappa shape index (κ1) is 16.4. The van der Waals surface area contributed by atoms with Gasteiger partial charge in [-0.05, 0) is 64.9 Å². The first-order valence-electron chi connectivity index (χ1n) is 6.85. The maximum Gasteiger partial charge on any atom is 0.124 e. The van der Waals surface area contributed by atoms with E-state index in [1.807, 2.05) is 13.1 Å². The first-order chi connectivity index (χ1) is 10.2. The van der Waals surface area contributed by atoms with Crippen molar-refractivity contribution in [3.05, 3.63) is 68.5 Å². The van der Waals surface area contributed by atoms with Crippen LogP contribution in [0.15, 0.2) is 42.5 Å². The van der Waals surface area contributed by atoms with Crippen molar-refractivity contribution in [1.29, 1.82) is 0 Å². The second kappa shape index (κ2) is 7.87.